The molecule has 0 aliphatic carbocycles. The quantitative estimate of drug-likeness (QED) is 0.468. The highest BCUT2D eigenvalue weighted by Crippen LogP contribution is 2.00. The lowest BCUT2D eigenvalue weighted by Crippen LogP contribution is -1.71. The van der Waals surface area contributed by atoms with Crippen LogP contribution in [-0.2, 0) is 5.88 Å². The highest BCUT2D eigenvalue weighted by Gasteiger charge is 1.81. The summed E-state index contributed by atoms with van der Waals surface area (Å²) in [5.74, 6) is 0.612. The van der Waals surface area contributed by atoms with Crippen LogP contribution in [-0.4, -0.2) is 9.52 Å². The zero-order valence-corrected chi connectivity index (χ0v) is 9.35. The number of hydrogen-bond donors (Lipinski definition) is 0. The topological polar surface area (TPSA) is 0 Å². The van der Waals surface area contributed by atoms with Gasteiger partial charge in [-0.25, -0.2) is 0 Å². The fourth-order valence-electron chi connectivity index (χ4n) is 0.567. The van der Waals surface area contributed by atoms with Crippen LogP contribution in [0.5, 0.6) is 0 Å². The molecule has 0 spiro atoms. The van der Waals surface area contributed by atoms with E-state index in [1.54, 1.807) is 0 Å². The van der Waals surface area contributed by atoms with Crippen LogP contribution in [0.3, 0.4) is 0 Å². The van der Waals surface area contributed by atoms with E-state index in [4.69, 9.17) is 11.6 Å². The average molecular weight is 187 g/mol. The van der Waals surface area contributed by atoms with Crippen molar-refractivity contribution in [2.24, 2.45) is 0 Å². The first-order valence-electron chi connectivity index (χ1n) is 3.95. The van der Waals surface area contributed by atoms with Crippen molar-refractivity contribution >= 4 is 21.1 Å². The summed E-state index contributed by atoms with van der Waals surface area (Å²) >= 11 is 5.53. The summed E-state index contributed by atoms with van der Waals surface area (Å²) in [6.45, 7) is 4.53. The molecule has 0 heterocycles. The largest absolute Gasteiger partial charge is 0.122 e. The van der Waals surface area contributed by atoms with Gasteiger partial charge in [-0.1, -0.05) is 43.4 Å². The zero-order chi connectivity index (χ0) is 8.53. The lowest BCUT2D eigenvalue weighted by molar-refractivity contribution is 1.41. The summed E-state index contributed by atoms with van der Waals surface area (Å²) in [6, 6.07) is 9.96. The third kappa shape index (κ3) is 6.14. The van der Waals surface area contributed by atoms with Gasteiger partial charge in [0.2, 0.25) is 0 Å². The van der Waals surface area contributed by atoms with E-state index in [1.165, 1.54) is 5.56 Å². The van der Waals surface area contributed by atoms with Gasteiger partial charge in [0.1, 0.15) is 0 Å². The Morgan fingerprint density at radius 1 is 1.18 bits per heavy atom. The van der Waals surface area contributed by atoms with Gasteiger partial charge in [0, 0.05) is 15.4 Å². The zero-order valence-electron chi connectivity index (χ0n) is 7.18. The minimum absolute atomic E-state index is 0.417. The van der Waals surface area contributed by atoms with Crippen LogP contribution < -0.4 is 0 Å². The second kappa shape index (κ2) is 7.83. The van der Waals surface area contributed by atoms with E-state index < -0.39 is 0 Å². The molecule has 1 rings (SSSR count). The van der Waals surface area contributed by atoms with Crippen LogP contribution in [0.15, 0.2) is 30.3 Å². The van der Waals surface area contributed by atoms with Gasteiger partial charge in [-0.05, 0) is 5.56 Å². The number of rotatable bonds is 1. The number of benzene rings is 1. The molecule has 62 valence electrons. The van der Waals surface area contributed by atoms with Gasteiger partial charge in [0.15, 0.2) is 0 Å². The molecular formula is C9H15ClSi. The molecule has 0 radical (unpaired) electrons. The Balaban J connectivity index is 0.000000292. The third-order valence-electron chi connectivity index (χ3n) is 0.997. The van der Waals surface area contributed by atoms with E-state index in [0.717, 1.165) is 0 Å². The predicted octanol–water partition coefficient (Wildman–Crippen LogP) is 2.68. The van der Waals surface area contributed by atoms with Gasteiger partial charge in [-0.2, -0.15) is 0 Å². The molecule has 0 fully saturated rings. The summed E-state index contributed by atoms with van der Waals surface area (Å²) in [5.41, 5.74) is 1.18. The molecule has 0 atom stereocenters. The first-order valence-corrected chi connectivity index (χ1v) is 7.31. The number of alkyl halides is 1. The fourth-order valence-corrected chi connectivity index (χ4v) is 0.745. The molecule has 0 aromatic heterocycles. The molecule has 0 nitrogen and oxygen atoms in total. The van der Waals surface area contributed by atoms with E-state index in [9.17, 15) is 0 Å². The second-order valence-electron chi connectivity index (χ2n) is 2.33. The minimum Gasteiger partial charge on any atom is -0.122 e. The van der Waals surface area contributed by atoms with Crippen molar-refractivity contribution in [1.29, 1.82) is 0 Å². The van der Waals surface area contributed by atoms with Crippen molar-refractivity contribution in [3.63, 3.8) is 0 Å². The van der Waals surface area contributed by atoms with Gasteiger partial charge in [0.25, 0.3) is 0 Å². The van der Waals surface area contributed by atoms with Crippen LogP contribution in [0.25, 0.3) is 0 Å². The van der Waals surface area contributed by atoms with E-state index in [0.29, 0.717) is 15.4 Å². The smallest absolute Gasteiger partial charge is 0.0474 e. The van der Waals surface area contributed by atoms with Crippen molar-refractivity contribution in [3.05, 3.63) is 35.9 Å². The molecule has 0 N–H and O–H groups in total. The van der Waals surface area contributed by atoms with Gasteiger partial charge in [0.05, 0.1) is 0 Å². The average Bonchev–Trinajstić information content (AvgIpc) is 2.08. The van der Waals surface area contributed by atoms with Crippen LogP contribution >= 0.6 is 11.6 Å². The molecule has 0 aliphatic rings. The number of halogens is 1. The van der Waals surface area contributed by atoms with Crippen LogP contribution in [0.1, 0.15) is 5.56 Å². The molecule has 1 aromatic carbocycles. The maximum Gasteiger partial charge on any atom is 0.0474 e. The van der Waals surface area contributed by atoms with Crippen molar-refractivity contribution < 1.29 is 0 Å². The first-order chi connectivity index (χ1) is 5.35. The number of hydrogen-bond acceptors (Lipinski definition) is 0. The van der Waals surface area contributed by atoms with Crippen LogP contribution in [0.4, 0.5) is 0 Å². The van der Waals surface area contributed by atoms with Crippen LogP contribution in [0, 0.1) is 0 Å². The molecular weight excluding hydrogens is 172 g/mol. The molecule has 0 unspecified atom stereocenters. The van der Waals surface area contributed by atoms with Crippen molar-refractivity contribution in [2.45, 2.75) is 19.0 Å². The Morgan fingerprint density at radius 3 is 1.91 bits per heavy atom. The van der Waals surface area contributed by atoms with Crippen molar-refractivity contribution in [1.82, 2.24) is 0 Å². The normalized spacial score (nSPS) is 8.27. The maximum atomic E-state index is 5.53. The third-order valence-corrected chi connectivity index (χ3v) is 1.31. The molecule has 0 bridgehead atoms. The van der Waals surface area contributed by atoms with Gasteiger partial charge < -0.3 is 0 Å². The Hall–Kier alpha value is -0.273. The summed E-state index contributed by atoms with van der Waals surface area (Å²) in [6.07, 6.45) is 0. The molecule has 11 heavy (non-hydrogen) atoms. The lowest BCUT2D eigenvalue weighted by Gasteiger charge is -1.88. The molecule has 0 saturated carbocycles. The van der Waals surface area contributed by atoms with Gasteiger partial charge in [-0.15, -0.1) is 11.6 Å². The summed E-state index contributed by atoms with van der Waals surface area (Å²) in [7, 11) is 0.417. The lowest BCUT2D eigenvalue weighted by atomic mass is 10.2. The van der Waals surface area contributed by atoms with E-state index in [1.807, 2.05) is 30.3 Å². The minimum atomic E-state index is 0.417. The van der Waals surface area contributed by atoms with E-state index in [2.05, 4.69) is 13.1 Å². The Bertz CT molecular complexity index is 162. The molecule has 0 saturated heterocycles. The first kappa shape index (κ1) is 10.7. The van der Waals surface area contributed by atoms with Crippen molar-refractivity contribution in [2.75, 3.05) is 0 Å². The van der Waals surface area contributed by atoms with Gasteiger partial charge >= 0.3 is 0 Å². The summed E-state index contributed by atoms with van der Waals surface area (Å²) < 4.78 is 0. The van der Waals surface area contributed by atoms with Gasteiger partial charge in [-0.3, -0.25) is 0 Å². The molecule has 0 amide bonds. The maximum absolute atomic E-state index is 5.53. The van der Waals surface area contributed by atoms with E-state index >= 15 is 0 Å². The summed E-state index contributed by atoms with van der Waals surface area (Å²) in [5, 5.41) is 0. The highest BCUT2D eigenvalue weighted by molar-refractivity contribution is 6.31. The molecule has 2 heteroatoms. The standard InChI is InChI=1S/C7H7Cl.C2H8Si/c8-6-7-4-2-1-3-5-7;1-3-2/h1-5H,6H2;3H2,1-2H3. The SMILES string of the molecule is C[SiH2]C.ClCc1ccccc1. The Labute approximate surface area is 76.4 Å². The monoisotopic (exact) mass is 186 g/mol. The molecule has 1 aromatic rings. The molecule has 0 aliphatic heterocycles. The Morgan fingerprint density at radius 2 is 1.64 bits per heavy atom. The van der Waals surface area contributed by atoms with E-state index in [-0.39, 0.29) is 0 Å². The fraction of sp³-hybridized carbons (Fsp3) is 0.333. The second-order valence-corrected chi connectivity index (χ2v) is 4.01. The highest BCUT2D eigenvalue weighted by atomic mass is 35.5. The van der Waals surface area contributed by atoms with Crippen LogP contribution in [0.2, 0.25) is 13.1 Å². The predicted molar refractivity (Wildman–Crippen MR) is 56.3 cm³/mol. The summed E-state index contributed by atoms with van der Waals surface area (Å²) in [4.78, 5) is 0. The Kier molecular flexibility index (Phi) is 7.64. The van der Waals surface area contributed by atoms with Crippen molar-refractivity contribution in [3.8, 4) is 0 Å².